The second-order valence-corrected chi connectivity index (χ2v) is 7.48. The number of carbonyl (C=O) groups excluding carboxylic acids is 1. The maximum Gasteiger partial charge on any atom is 0.234 e. The first-order valence-electron chi connectivity index (χ1n) is 8.99. The van der Waals surface area contributed by atoms with Crippen LogP contribution >= 0.6 is 11.8 Å². The van der Waals surface area contributed by atoms with Crippen molar-refractivity contribution in [3.05, 3.63) is 36.7 Å². The SMILES string of the molecule is CCn1ccnc1SCC(=O)Nc1ccc(N2C[C@@H](C)O[C@H](C)C2)cc1. The number of thioether (sulfide) groups is 1. The Labute approximate surface area is 158 Å². The Balaban J connectivity index is 1.53. The molecule has 0 aliphatic carbocycles. The Hall–Kier alpha value is -1.99. The van der Waals surface area contributed by atoms with E-state index in [1.54, 1.807) is 6.20 Å². The van der Waals surface area contributed by atoms with Crippen molar-refractivity contribution < 1.29 is 9.53 Å². The summed E-state index contributed by atoms with van der Waals surface area (Å²) in [6, 6.07) is 8.01. The molecule has 1 amide bonds. The standard InChI is InChI=1S/C19H26N4O2S/c1-4-22-10-9-20-19(22)26-13-18(24)21-16-5-7-17(8-6-16)23-11-14(2)25-15(3)12-23/h5-10,14-15H,4,11-13H2,1-3H3,(H,21,24)/t14-,15-/m1/s1. The third kappa shape index (κ3) is 4.80. The van der Waals surface area contributed by atoms with Crippen molar-refractivity contribution in [3.8, 4) is 0 Å². The first kappa shape index (κ1) is 18.8. The summed E-state index contributed by atoms with van der Waals surface area (Å²) in [4.78, 5) is 18.8. The molecule has 0 bridgehead atoms. The smallest absolute Gasteiger partial charge is 0.234 e. The highest BCUT2D eigenvalue weighted by Gasteiger charge is 2.22. The Kier molecular flexibility index (Phi) is 6.21. The van der Waals surface area contributed by atoms with Crippen molar-refractivity contribution in [1.29, 1.82) is 0 Å². The number of carbonyl (C=O) groups is 1. The average Bonchev–Trinajstić information content (AvgIpc) is 3.07. The fourth-order valence-electron chi connectivity index (χ4n) is 3.15. The van der Waals surface area contributed by atoms with Crippen LogP contribution in [-0.2, 0) is 16.1 Å². The van der Waals surface area contributed by atoms with Crippen LogP contribution in [0.1, 0.15) is 20.8 Å². The summed E-state index contributed by atoms with van der Waals surface area (Å²) < 4.78 is 7.81. The van der Waals surface area contributed by atoms with Crippen LogP contribution in [-0.4, -0.2) is 46.5 Å². The van der Waals surface area contributed by atoms with Crippen LogP contribution in [0.15, 0.2) is 41.8 Å². The molecule has 0 saturated carbocycles. The van der Waals surface area contributed by atoms with Crippen LogP contribution in [0, 0.1) is 0 Å². The number of anilines is 2. The first-order valence-corrected chi connectivity index (χ1v) is 9.98. The van der Waals surface area contributed by atoms with E-state index in [2.05, 4.69) is 48.1 Å². The van der Waals surface area contributed by atoms with E-state index in [4.69, 9.17) is 4.74 Å². The van der Waals surface area contributed by atoms with Gasteiger partial charge in [0.15, 0.2) is 5.16 Å². The summed E-state index contributed by atoms with van der Waals surface area (Å²) in [5, 5.41) is 3.82. The minimum Gasteiger partial charge on any atom is -0.372 e. The molecule has 6 nitrogen and oxygen atoms in total. The van der Waals surface area contributed by atoms with Gasteiger partial charge in [-0.1, -0.05) is 11.8 Å². The number of rotatable bonds is 6. The summed E-state index contributed by atoms with van der Waals surface area (Å²) >= 11 is 1.45. The van der Waals surface area contributed by atoms with Gasteiger partial charge in [0.2, 0.25) is 5.91 Å². The highest BCUT2D eigenvalue weighted by atomic mass is 32.2. The summed E-state index contributed by atoms with van der Waals surface area (Å²) in [6.07, 6.45) is 4.14. The van der Waals surface area contributed by atoms with E-state index >= 15 is 0 Å². The number of nitrogens with zero attached hydrogens (tertiary/aromatic N) is 3. The number of aryl methyl sites for hydroxylation is 1. The van der Waals surface area contributed by atoms with Gasteiger partial charge in [0.25, 0.3) is 0 Å². The molecule has 1 aliphatic rings. The highest BCUT2D eigenvalue weighted by Crippen LogP contribution is 2.23. The van der Waals surface area contributed by atoms with Crippen LogP contribution in [0.3, 0.4) is 0 Å². The number of hydrogen-bond donors (Lipinski definition) is 1. The zero-order valence-electron chi connectivity index (χ0n) is 15.5. The lowest BCUT2D eigenvalue weighted by Crippen LogP contribution is -2.45. The lowest BCUT2D eigenvalue weighted by Gasteiger charge is -2.36. The molecule has 1 aliphatic heterocycles. The topological polar surface area (TPSA) is 59.4 Å². The molecule has 2 heterocycles. The maximum absolute atomic E-state index is 12.2. The highest BCUT2D eigenvalue weighted by molar-refractivity contribution is 7.99. The van der Waals surface area contributed by atoms with Crippen molar-refractivity contribution in [1.82, 2.24) is 9.55 Å². The van der Waals surface area contributed by atoms with Crippen LogP contribution in [0.25, 0.3) is 0 Å². The van der Waals surface area contributed by atoms with Crippen molar-refractivity contribution in [2.75, 3.05) is 29.1 Å². The van der Waals surface area contributed by atoms with Crippen LogP contribution in [0.5, 0.6) is 0 Å². The van der Waals surface area contributed by atoms with E-state index < -0.39 is 0 Å². The number of ether oxygens (including phenoxy) is 1. The van der Waals surface area contributed by atoms with E-state index in [-0.39, 0.29) is 18.1 Å². The molecule has 0 radical (unpaired) electrons. The van der Waals surface area contributed by atoms with Gasteiger partial charge in [0.05, 0.1) is 18.0 Å². The van der Waals surface area contributed by atoms with E-state index in [0.29, 0.717) is 5.75 Å². The van der Waals surface area contributed by atoms with Crippen molar-refractivity contribution in [2.45, 2.75) is 44.7 Å². The summed E-state index contributed by atoms with van der Waals surface area (Å²) in [6.45, 7) is 8.87. The minimum absolute atomic E-state index is 0.0259. The van der Waals surface area contributed by atoms with Gasteiger partial charge >= 0.3 is 0 Å². The van der Waals surface area contributed by atoms with Crippen LogP contribution < -0.4 is 10.2 Å². The minimum atomic E-state index is -0.0259. The molecule has 7 heteroatoms. The molecule has 1 saturated heterocycles. The molecule has 26 heavy (non-hydrogen) atoms. The molecular formula is C19H26N4O2S. The van der Waals surface area contributed by atoms with Crippen molar-refractivity contribution >= 4 is 29.0 Å². The van der Waals surface area contributed by atoms with E-state index in [0.717, 1.165) is 36.2 Å². The largest absolute Gasteiger partial charge is 0.372 e. The van der Waals surface area contributed by atoms with Gasteiger partial charge in [-0.15, -0.1) is 0 Å². The van der Waals surface area contributed by atoms with Gasteiger partial charge in [-0.05, 0) is 45.0 Å². The maximum atomic E-state index is 12.2. The van der Waals surface area contributed by atoms with E-state index in [9.17, 15) is 4.79 Å². The molecule has 1 aromatic carbocycles. The Morgan fingerprint density at radius 2 is 1.96 bits per heavy atom. The Bertz CT molecular complexity index is 721. The van der Waals surface area contributed by atoms with E-state index in [1.807, 2.05) is 22.9 Å². The Morgan fingerprint density at radius 1 is 1.27 bits per heavy atom. The zero-order chi connectivity index (χ0) is 18.5. The molecule has 2 aromatic rings. The second-order valence-electron chi connectivity index (χ2n) is 6.54. The molecular weight excluding hydrogens is 348 g/mol. The van der Waals surface area contributed by atoms with Crippen LogP contribution in [0.2, 0.25) is 0 Å². The molecule has 1 aromatic heterocycles. The zero-order valence-corrected chi connectivity index (χ0v) is 16.3. The van der Waals surface area contributed by atoms with Gasteiger partial charge in [-0.2, -0.15) is 0 Å². The number of aromatic nitrogens is 2. The monoisotopic (exact) mass is 374 g/mol. The summed E-state index contributed by atoms with van der Waals surface area (Å²) in [7, 11) is 0. The second kappa shape index (κ2) is 8.60. The van der Waals surface area contributed by atoms with Crippen LogP contribution in [0.4, 0.5) is 11.4 Å². The lowest BCUT2D eigenvalue weighted by molar-refractivity contribution is -0.113. The molecule has 1 fully saturated rings. The third-order valence-electron chi connectivity index (χ3n) is 4.29. The predicted octanol–water partition coefficient (Wildman–Crippen LogP) is 3.25. The lowest BCUT2D eigenvalue weighted by atomic mass is 10.2. The van der Waals surface area contributed by atoms with Crippen molar-refractivity contribution in [3.63, 3.8) is 0 Å². The number of nitrogens with one attached hydrogen (secondary N) is 1. The van der Waals surface area contributed by atoms with Gasteiger partial charge < -0.3 is 19.5 Å². The molecule has 3 rings (SSSR count). The van der Waals surface area contributed by atoms with Gasteiger partial charge in [0.1, 0.15) is 0 Å². The van der Waals surface area contributed by atoms with Crippen molar-refractivity contribution in [2.24, 2.45) is 0 Å². The van der Waals surface area contributed by atoms with Gasteiger partial charge in [-0.25, -0.2) is 4.98 Å². The fraction of sp³-hybridized carbons (Fsp3) is 0.474. The number of benzene rings is 1. The number of amides is 1. The number of hydrogen-bond acceptors (Lipinski definition) is 5. The molecule has 0 spiro atoms. The predicted molar refractivity (Wildman–Crippen MR) is 106 cm³/mol. The molecule has 140 valence electrons. The normalized spacial score (nSPS) is 20.2. The first-order chi connectivity index (χ1) is 12.5. The third-order valence-corrected chi connectivity index (χ3v) is 5.29. The Morgan fingerprint density at radius 3 is 2.62 bits per heavy atom. The van der Waals surface area contributed by atoms with Gasteiger partial charge in [-0.3, -0.25) is 4.79 Å². The molecule has 1 N–H and O–H groups in total. The molecule has 2 atom stereocenters. The summed E-state index contributed by atoms with van der Waals surface area (Å²) in [5.41, 5.74) is 1.97. The quantitative estimate of drug-likeness (QED) is 0.787. The fourth-order valence-corrected chi connectivity index (χ4v) is 3.97. The van der Waals surface area contributed by atoms with E-state index in [1.165, 1.54) is 11.8 Å². The van der Waals surface area contributed by atoms with Gasteiger partial charge in [0, 0.05) is 43.4 Å². The average molecular weight is 375 g/mol. The number of imidazole rings is 1. The number of morpholine rings is 1. The molecule has 0 unspecified atom stereocenters. The summed E-state index contributed by atoms with van der Waals surface area (Å²) in [5.74, 6) is 0.319.